The van der Waals surface area contributed by atoms with Crippen LogP contribution in [0.15, 0.2) is 12.2 Å². The zero-order chi connectivity index (χ0) is 19.4. The highest BCUT2D eigenvalue weighted by molar-refractivity contribution is 5.98. The van der Waals surface area contributed by atoms with E-state index in [-0.39, 0.29) is 29.5 Å². The van der Waals surface area contributed by atoms with Crippen LogP contribution in [0.2, 0.25) is 0 Å². The number of hydrogen-bond donors (Lipinski definition) is 1. The van der Waals surface area contributed by atoms with Crippen LogP contribution in [0.5, 0.6) is 0 Å². The second kappa shape index (κ2) is 6.48. The number of aliphatic hydroxyl groups excluding tert-OH is 1. The standard InChI is InChI=1S/C20H28O6/c1-6-9(2)18(23)26-17-14-11(4)19(24)25-16(14)15(22)10(3)12-7-8-13(21)20(12,17)5/h7-12,14-17,22H,6H2,1-5H3. The summed E-state index contributed by atoms with van der Waals surface area (Å²) in [6.45, 7) is 9.03. The van der Waals surface area contributed by atoms with Crippen LogP contribution in [-0.4, -0.2) is 41.1 Å². The molecular weight excluding hydrogens is 336 g/mol. The average Bonchev–Trinajstić information content (AvgIpc) is 3.06. The normalized spacial score (nSPS) is 45.5. The lowest BCUT2D eigenvalue weighted by atomic mass is 9.66. The lowest BCUT2D eigenvalue weighted by molar-refractivity contribution is -0.171. The third kappa shape index (κ3) is 2.53. The SMILES string of the molecule is CCC(C)C(=O)OC1C2C(C)C(=O)OC2C(O)C(C)C2C=CC(=O)C21C. The number of rotatable bonds is 3. The number of aliphatic hydroxyl groups is 1. The lowest BCUT2D eigenvalue weighted by Crippen LogP contribution is -2.51. The molecule has 1 N–H and O–H groups in total. The van der Waals surface area contributed by atoms with Crippen molar-refractivity contribution in [2.75, 3.05) is 0 Å². The summed E-state index contributed by atoms with van der Waals surface area (Å²) in [5.41, 5.74) is -1.01. The van der Waals surface area contributed by atoms with Gasteiger partial charge in [0.15, 0.2) is 5.78 Å². The summed E-state index contributed by atoms with van der Waals surface area (Å²) < 4.78 is 11.4. The number of allylic oxidation sites excluding steroid dienone is 2. The van der Waals surface area contributed by atoms with E-state index in [0.717, 1.165) is 0 Å². The predicted molar refractivity (Wildman–Crippen MR) is 92.8 cm³/mol. The first-order chi connectivity index (χ1) is 12.1. The molecule has 0 aromatic carbocycles. The maximum absolute atomic E-state index is 12.9. The third-order valence-electron chi connectivity index (χ3n) is 6.90. The third-order valence-corrected chi connectivity index (χ3v) is 6.90. The number of fused-ring (bicyclic) bond motifs is 2. The minimum Gasteiger partial charge on any atom is -0.461 e. The molecule has 0 amide bonds. The first kappa shape index (κ1) is 19.1. The summed E-state index contributed by atoms with van der Waals surface area (Å²) in [5.74, 6) is -2.93. The fraction of sp³-hybridized carbons (Fsp3) is 0.750. The Balaban J connectivity index is 2.09. The largest absolute Gasteiger partial charge is 0.461 e. The van der Waals surface area contributed by atoms with Gasteiger partial charge in [0.1, 0.15) is 12.2 Å². The molecule has 1 heterocycles. The van der Waals surface area contributed by atoms with Crippen LogP contribution in [-0.2, 0) is 23.9 Å². The second-order valence-corrected chi connectivity index (χ2v) is 8.32. The molecule has 3 aliphatic rings. The van der Waals surface area contributed by atoms with Crippen LogP contribution in [0.25, 0.3) is 0 Å². The van der Waals surface area contributed by atoms with Crippen molar-refractivity contribution >= 4 is 17.7 Å². The predicted octanol–water partition coefficient (Wildman–Crippen LogP) is 1.89. The van der Waals surface area contributed by atoms with E-state index in [1.165, 1.54) is 6.08 Å². The van der Waals surface area contributed by atoms with Gasteiger partial charge in [-0.2, -0.15) is 0 Å². The number of carbonyl (C=O) groups excluding carboxylic acids is 3. The molecule has 9 unspecified atom stereocenters. The average molecular weight is 364 g/mol. The minimum atomic E-state index is -1.01. The van der Waals surface area contributed by atoms with Crippen molar-refractivity contribution in [3.05, 3.63) is 12.2 Å². The Hall–Kier alpha value is -1.69. The molecule has 3 rings (SSSR count). The minimum absolute atomic E-state index is 0.129. The van der Waals surface area contributed by atoms with Crippen LogP contribution in [0, 0.1) is 35.0 Å². The topological polar surface area (TPSA) is 89.9 Å². The molecule has 9 atom stereocenters. The Morgan fingerprint density at radius 3 is 2.65 bits per heavy atom. The number of ketones is 1. The van der Waals surface area contributed by atoms with E-state index in [2.05, 4.69) is 0 Å². The zero-order valence-corrected chi connectivity index (χ0v) is 16.0. The Kier molecular flexibility index (Phi) is 4.76. The number of hydrogen-bond acceptors (Lipinski definition) is 6. The van der Waals surface area contributed by atoms with Crippen molar-refractivity contribution in [1.82, 2.24) is 0 Å². The molecule has 6 nitrogen and oxygen atoms in total. The molecule has 1 saturated carbocycles. The van der Waals surface area contributed by atoms with E-state index in [4.69, 9.17) is 9.47 Å². The van der Waals surface area contributed by atoms with Gasteiger partial charge in [-0.3, -0.25) is 14.4 Å². The molecule has 0 aromatic heterocycles. The molecular formula is C20H28O6. The molecule has 26 heavy (non-hydrogen) atoms. The van der Waals surface area contributed by atoms with E-state index in [9.17, 15) is 19.5 Å². The van der Waals surface area contributed by atoms with E-state index in [1.807, 2.05) is 13.8 Å². The monoisotopic (exact) mass is 364 g/mol. The van der Waals surface area contributed by atoms with Gasteiger partial charge in [0, 0.05) is 5.92 Å². The Morgan fingerprint density at radius 1 is 1.38 bits per heavy atom. The summed E-state index contributed by atoms with van der Waals surface area (Å²) in [4.78, 5) is 37.7. The van der Waals surface area contributed by atoms with Crippen LogP contribution >= 0.6 is 0 Å². The Morgan fingerprint density at radius 2 is 2.04 bits per heavy atom. The molecule has 2 fully saturated rings. The number of carbonyl (C=O) groups is 3. The van der Waals surface area contributed by atoms with Gasteiger partial charge in [-0.25, -0.2) is 0 Å². The fourth-order valence-electron chi connectivity index (χ4n) is 4.80. The summed E-state index contributed by atoms with van der Waals surface area (Å²) in [7, 11) is 0. The first-order valence-electron chi connectivity index (χ1n) is 9.46. The highest BCUT2D eigenvalue weighted by atomic mass is 16.6. The molecule has 0 radical (unpaired) electrons. The van der Waals surface area contributed by atoms with Gasteiger partial charge in [-0.15, -0.1) is 0 Å². The van der Waals surface area contributed by atoms with E-state index in [1.54, 1.807) is 26.8 Å². The van der Waals surface area contributed by atoms with Crippen molar-refractivity contribution in [3.63, 3.8) is 0 Å². The summed E-state index contributed by atoms with van der Waals surface area (Å²) in [6.07, 6.45) is 1.43. The molecule has 0 bridgehead atoms. The first-order valence-corrected chi connectivity index (χ1v) is 9.46. The van der Waals surface area contributed by atoms with Crippen molar-refractivity contribution in [2.24, 2.45) is 35.0 Å². The van der Waals surface area contributed by atoms with Crippen LogP contribution in [0.3, 0.4) is 0 Å². The van der Waals surface area contributed by atoms with Crippen molar-refractivity contribution in [2.45, 2.75) is 59.4 Å². The molecule has 1 aliphatic heterocycles. The van der Waals surface area contributed by atoms with Gasteiger partial charge in [0.2, 0.25) is 0 Å². The molecule has 0 spiro atoms. The van der Waals surface area contributed by atoms with Gasteiger partial charge in [-0.1, -0.05) is 33.8 Å². The molecule has 0 aromatic rings. The highest BCUT2D eigenvalue weighted by Gasteiger charge is 2.65. The zero-order valence-electron chi connectivity index (χ0n) is 16.0. The van der Waals surface area contributed by atoms with E-state index >= 15 is 0 Å². The van der Waals surface area contributed by atoms with Crippen molar-refractivity contribution in [1.29, 1.82) is 0 Å². The summed E-state index contributed by atoms with van der Waals surface area (Å²) in [6, 6.07) is 0. The van der Waals surface area contributed by atoms with Crippen LogP contribution < -0.4 is 0 Å². The molecule has 1 saturated heterocycles. The Bertz CT molecular complexity index is 655. The molecule has 2 aliphatic carbocycles. The molecule has 144 valence electrons. The molecule has 6 heteroatoms. The van der Waals surface area contributed by atoms with Gasteiger partial charge >= 0.3 is 11.9 Å². The second-order valence-electron chi connectivity index (χ2n) is 8.32. The van der Waals surface area contributed by atoms with E-state index in [0.29, 0.717) is 6.42 Å². The quantitative estimate of drug-likeness (QED) is 0.769. The summed E-state index contributed by atoms with van der Waals surface area (Å²) >= 11 is 0. The van der Waals surface area contributed by atoms with Gasteiger partial charge in [0.05, 0.1) is 23.4 Å². The van der Waals surface area contributed by atoms with Crippen LogP contribution in [0.1, 0.15) is 41.0 Å². The van der Waals surface area contributed by atoms with Crippen molar-refractivity contribution < 1.29 is 29.0 Å². The lowest BCUT2D eigenvalue weighted by Gasteiger charge is -2.40. The van der Waals surface area contributed by atoms with Crippen molar-refractivity contribution in [3.8, 4) is 0 Å². The van der Waals surface area contributed by atoms with Crippen LogP contribution in [0.4, 0.5) is 0 Å². The van der Waals surface area contributed by atoms with Gasteiger partial charge in [-0.05, 0) is 31.3 Å². The van der Waals surface area contributed by atoms with Gasteiger partial charge in [0.25, 0.3) is 0 Å². The number of esters is 2. The smallest absolute Gasteiger partial charge is 0.309 e. The summed E-state index contributed by atoms with van der Waals surface area (Å²) in [5, 5.41) is 10.9. The van der Waals surface area contributed by atoms with E-state index < -0.39 is 41.5 Å². The van der Waals surface area contributed by atoms with Gasteiger partial charge < -0.3 is 14.6 Å². The number of ether oxygens (including phenoxy) is 2. The highest BCUT2D eigenvalue weighted by Crippen LogP contribution is 2.54. The maximum atomic E-state index is 12.9. The fourth-order valence-corrected chi connectivity index (χ4v) is 4.80. The maximum Gasteiger partial charge on any atom is 0.309 e. The Labute approximate surface area is 153 Å².